The van der Waals surface area contributed by atoms with Crippen LogP contribution >= 0.6 is 0 Å². The second-order valence-corrected chi connectivity index (χ2v) is 10.5. The summed E-state index contributed by atoms with van der Waals surface area (Å²) in [6, 6.07) is 3.99. The standard InChI is InChI=1S/C27H40N6O6/c1-15(2)28-27(37)32(7)13-23-16(3)12-33(17(4)14-34)24(35)11-20-10-21(8-9-22(20)38-23)29-26(36)30-25-18(5)31-39-19(25)6/h8-10,15-17,23,34H,11-14H2,1-7H3,(H,28,37)(H2,29,30,36)/t16-,17+,23-/m0/s1. The Bertz CT molecular complexity index is 1160. The van der Waals surface area contributed by atoms with Crippen molar-refractivity contribution in [3.8, 4) is 5.75 Å². The van der Waals surface area contributed by atoms with Gasteiger partial charge in [0.2, 0.25) is 5.91 Å². The van der Waals surface area contributed by atoms with Crippen molar-refractivity contribution in [1.82, 2.24) is 20.3 Å². The van der Waals surface area contributed by atoms with Crippen molar-refractivity contribution >= 4 is 29.3 Å². The van der Waals surface area contributed by atoms with Crippen LogP contribution in [-0.2, 0) is 11.2 Å². The van der Waals surface area contributed by atoms with Gasteiger partial charge in [0, 0.05) is 36.8 Å². The number of hydrogen-bond donors (Lipinski definition) is 4. The van der Waals surface area contributed by atoms with Gasteiger partial charge in [-0.1, -0.05) is 12.1 Å². The summed E-state index contributed by atoms with van der Waals surface area (Å²) >= 11 is 0. The summed E-state index contributed by atoms with van der Waals surface area (Å²) in [4.78, 5) is 41.8. The van der Waals surface area contributed by atoms with E-state index in [1.807, 2.05) is 20.8 Å². The molecule has 0 spiro atoms. The van der Waals surface area contributed by atoms with Crippen LogP contribution in [0, 0.1) is 19.8 Å². The molecule has 4 N–H and O–H groups in total. The van der Waals surface area contributed by atoms with Crippen molar-refractivity contribution < 1.29 is 28.8 Å². The minimum absolute atomic E-state index is 0.0150. The number of amides is 5. The van der Waals surface area contributed by atoms with E-state index in [4.69, 9.17) is 9.26 Å². The number of carbonyl (C=O) groups excluding carboxylic acids is 3. The summed E-state index contributed by atoms with van der Waals surface area (Å²) < 4.78 is 11.5. The first kappa shape index (κ1) is 29.8. The van der Waals surface area contributed by atoms with Gasteiger partial charge in [-0.05, 0) is 52.8 Å². The number of likely N-dealkylation sites (N-methyl/N-ethyl adjacent to an activating group) is 1. The average molecular weight is 545 g/mol. The Morgan fingerprint density at radius 3 is 2.56 bits per heavy atom. The smallest absolute Gasteiger partial charge is 0.323 e. The summed E-state index contributed by atoms with van der Waals surface area (Å²) in [6.45, 7) is 11.4. The third-order valence-corrected chi connectivity index (χ3v) is 6.66. The maximum Gasteiger partial charge on any atom is 0.323 e. The van der Waals surface area contributed by atoms with Crippen molar-refractivity contribution in [2.75, 3.05) is 37.4 Å². The van der Waals surface area contributed by atoms with Crippen LogP contribution in [0.15, 0.2) is 22.7 Å². The van der Waals surface area contributed by atoms with Gasteiger partial charge in [-0.2, -0.15) is 0 Å². The SMILES string of the molecule is Cc1noc(C)c1NC(=O)Nc1ccc2c(c1)CC(=O)N([C@H](C)CO)C[C@H](C)[C@H](CN(C)C(=O)NC(C)C)O2. The number of anilines is 2. The first-order chi connectivity index (χ1) is 18.4. The monoisotopic (exact) mass is 544 g/mol. The molecule has 0 saturated carbocycles. The summed E-state index contributed by atoms with van der Waals surface area (Å²) in [7, 11) is 1.70. The largest absolute Gasteiger partial charge is 0.488 e. The number of nitrogens with one attached hydrogen (secondary N) is 3. The van der Waals surface area contributed by atoms with Gasteiger partial charge in [0.25, 0.3) is 0 Å². The van der Waals surface area contributed by atoms with Gasteiger partial charge in [-0.15, -0.1) is 0 Å². The predicted molar refractivity (Wildman–Crippen MR) is 147 cm³/mol. The van der Waals surface area contributed by atoms with Crippen LogP contribution in [0.2, 0.25) is 0 Å². The van der Waals surface area contributed by atoms with E-state index in [-0.39, 0.29) is 43.5 Å². The molecular weight excluding hydrogens is 504 g/mol. The van der Waals surface area contributed by atoms with Gasteiger partial charge >= 0.3 is 12.1 Å². The number of nitrogens with zero attached hydrogens (tertiary/aromatic N) is 3. The van der Waals surface area contributed by atoms with E-state index in [9.17, 15) is 19.5 Å². The lowest BCUT2D eigenvalue weighted by atomic mass is 10.0. The van der Waals surface area contributed by atoms with Gasteiger partial charge in [0.15, 0.2) is 5.76 Å². The lowest BCUT2D eigenvalue weighted by molar-refractivity contribution is -0.134. The van der Waals surface area contributed by atoms with Crippen molar-refractivity contribution in [2.24, 2.45) is 5.92 Å². The average Bonchev–Trinajstić information content (AvgIpc) is 3.20. The molecule has 0 fully saturated rings. The number of rotatable bonds is 7. The van der Waals surface area contributed by atoms with Crippen LogP contribution in [0.1, 0.15) is 44.7 Å². The van der Waals surface area contributed by atoms with E-state index in [0.717, 1.165) is 0 Å². The quantitative estimate of drug-likeness (QED) is 0.418. The molecule has 1 aliphatic heterocycles. The molecule has 0 saturated heterocycles. The molecule has 1 aromatic heterocycles. The Hall–Kier alpha value is -3.80. The first-order valence-electron chi connectivity index (χ1n) is 13.1. The molecule has 0 aliphatic carbocycles. The summed E-state index contributed by atoms with van der Waals surface area (Å²) in [5, 5.41) is 22.0. The number of aliphatic hydroxyl groups excluding tert-OH is 1. The van der Waals surface area contributed by atoms with Crippen LogP contribution in [0.4, 0.5) is 21.0 Å². The number of aliphatic hydroxyl groups is 1. The molecule has 1 aliphatic rings. The van der Waals surface area contributed by atoms with Crippen molar-refractivity contribution in [3.63, 3.8) is 0 Å². The molecule has 5 amide bonds. The van der Waals surface area contributed by atoms with Crippen molar-refractivity contribution in [3.05, 3.63) is 35.2 Å². The lowest BCUT2D eigenvalue weighted by Crippen LogP contribution is -2.49. The van der Waals surface area contributed by atoms with E-state index < -0.39 is 18.2 Å². The van der Waals surface area contributed by atoms with E-state index in [1.165, 1.54) is 0 Å². The summed E-state index contributed by atoms with van der Waals surface area (Å²) in [5.41, 5.74) is 2.10. The molecule has 214 valence electrons. The zero-order valence-electron chi connectivity index (χ0n) is 23.7. The van der Waals surface area contributed by atoms with Crippen molar-refractivity contribution in [2.45, 2.75) is 66.2 Å². The first-order valence-corrected chi connectivity index (χ1v) is 13.1. The summed E-state index contributed by atoms with van der Waals surface area (Å²) in [6.07, 6.45) is -0.420. The molecule has 2 aromatic rings. The number of aromatic nitrogens is 1. The Balaban J connectivity index is 1.88. The lowest BCUT2D eigenvalue weighted by Gasteiger charge is -2.34. The Morgan fingerprint density at radius 2 is 1.95 bits per heavy atom. The fourth-order valence-corrected chi connectivity index (χ4v) is 4.37. The number of ether oxygens (including phenoxy) is 1. The highest BCUT2D eigenvalue weighted by Gasteiger charge is 2.32. The number of urea groups is 2. The fraction of sp³-hybridized carbons (Fsp3) is 0.556. The number of aryl methyl sites for hydroxylation is 2. The molecule has 0 radical (unpaired) electrons. The molecule has 3 rings (SSSR count). The maximum absolute atomic E-state index is 13.4. The highest BCUT2D eigenvalue weighted by atomic mass is 16.5. The van der Waals surface area contributed by atoms with E-state index >= 15 is 0 Å². The van der Waals surface area contributed by atoms with Gasteiger partial charge < -0.3 is 40.1 Å². The zero-order valence-corrected chi connectivity index (χ0v) is 23.7. The molecule has 0 unspecified atom stereocenters. The number of hydrogen-bond acceptors (Lipinski definition) is 7. The van der Waals surface area contributed by atoms with Gasteiger partial charge in [-0.25, -0.2) is 9.59 Å². The molecule has 12 nitrogen and oxygen atoms in total. The van der Waals surface area contributed by atoms with Gasteiger partial charge in [0.05, 0.1) is 25.6 Å². The molecular formula is C27H40N6O6. The van der Waals surface area contributed by atoms with Crippen LogP contribution in [0.5, 0.6) is 5.75 Å². The number of benzene rings is 1. The minimum atomic E-state index is -0.487. The summed E-state index contributed by atoms with van der Waals surface area (Å²) in [5.74, 6) is 0.661. The molecule has 3 atom stereocenters. The second kappa shape index (κ2) is 12.8. The molecule has 12 heteroatoms. The van der Waals surface area contributed by atoms with Crippen molar-refractivity contribution in [1.29, 1.82) is 0 Å². The molecule has 0 bridgehead atoms. The molecule has 1 aromatic carbocycles. The minimum Gasteiger partial charge on any atom is -0.488 e. The Labute approximate surface area is 229 Å². The van der Waals surface area contributed by atoms with Crippen LogP contribution in [0.25, 0.3) is 0 Å². The predicted octanol–water partition coefficient (Wildman–Crippen LogP) is 3.13. The highest BCUT2D eigenvalue weighted by Crippen LogP contribution is 2.29. The number of fused-ring (bicyclic) bond motifs is 1. The maximum atomic E-state index is 13.4. The highest BCUT2D eigenvalue weighted by molar-refractivity contribution is 6.00. The Kier molecular flexibility index (Phi) is 9.79. The van der Waals surface area contributed by atoms with Gasteiger partial charge in [0.1, 0.15) is 23.2 Å². The molecule has 39 heavy (non-hydrogen) atoms. The Morgan fingerprint density at radius 1 is 1.23 bits per heavy atom. The second-order valence-electron chi connectivity index (χ2n) is 10.5. The van der Waals surface area contributed by atoms with Crippen LogP contribution in [-0.4, -0.2) is 83.0 Å². The van der Waals surface area contributed by atoms with Gasteiger partial charge in [-0.3, -0.25) is 4.79 Å². The fourth-order valence-electron chi connectivity index (χ4n) is 4.37. The topological polar surface area (TPSA) is 149 Å². The third-order valence-electron chi connectivity index (χ3n) is 6.66. The molecule has 2 heterocycles. The third kappa shape index (κ3) is 7.62. The van der Waals surface area contributed by atoms with Crippen LogP contribution in [0.3, 0.4) is 0 Å². The van der Waals surface area contributed by atoms with E-state index in [1.54, 1.807) is 55.8 Å². The zero-order chi connectivity index (χ0) is 28.9. The number of carbonyl (C=O) groups is 3. The van der Waals surface area contributed by atoms with E-state index in [0.29, 0.717) is 40.7 Å². The normalized spacial score (nSPS) is 18.3. The van der Waals surface area contributed by atoms with E-state index in [2.05, 4.69) is 21.1 Å². The van der Waals surface area contributed by atoms with Crippen LogP contribution < -0.4 is 20.7 Å².